The van der Waals surface area contributed by atoms with Gasteiger partial charge >= 0.3 is 0 Å². The van der Waals surface area contributed by atoms with E-state index in [1.165, 1.54) is 18.3 Å². The van der Waals surface area contributed by atoms with Gasteiger partial charge in [0.15, 0.2) is 11.5 Å². The van der Waals surface area contributed by atoms with Crippen molar-refractivity contribution in [1.29, 1.82) is 0 Å². The number of methoxy groups -OCH3 is 1. The number of nitrogens with zero attached hydrogens (tertiary/aromatic N) is 2. The van der Waals surface area contributed by atoms with Crippen molar-refractivity contribution in [2.45, 2.75) is 38.8 Å². The number of fused-ring (bicyclic) bond motifs is 1. The Kier molecular flexibility index (Phi) is 6.25. The van der Waals surface area contributed by atoms with Crippen molar-refractivity contribution < 1.29 is 28.2 Å². The zero-order valence-electron chi connectivity index (χ0n) is 18.4. The second-order valence-electron chi connectivity index (χ2n) is 7.90. The molecule has 0 spiro atoms. The van der Waals surface area contributed by atoms with Crippen LogP contribution >= 0.6 is 0 Å². The third-order valence-electron chi connectivity index (χ3n) is 4.94. The number of halogens is 1. The summed E-state index contributed by atoms with van der Waals surface area (Å²) >= 11 is 0. The third-order valence-corrected chi connectivity index (χ3v) is 4.94. The molecule has 2 aromatic carbocycles. The van der Waals surface area contributed by atoms with Gasteiger partial charge in [0, 0.05) is 29.7 Å². The highest BCUT2D eigenvalue weighted by Crippen LogP contribution is 2.29. The van der Waals surface area contributed by atoms with E-state index in [2.05, 4.69) is 10.1 Å². The molecule has 1 aliphatic heterocycles. The number of benzene rings is 2. The van der Waals surface area contributed by atoms with E-state index in [-0.39, 0.29) is 18.0 Å². The molecule has 3 aromatic rings. The van der Waals surface area contributed by atoms with Crippen LogP contribution in [0.2, 0.25) is 0 Å². The highest BCUT2D eigenvalue weighted by atomic mass is 19.1. The second-order valence-corrected chi connectivity index (χ2v) is 7.90. The molecule has 2 atom stereocenters. The minimum atomic E-state index is -0.655. The Bertz CT molecular complexity index is 1130. The first-order valence-electron chi connectivity index (χ1n) is 10.3. The van der Waals surface area contributed by atoms with Crippen LogP contribution in [0.25, 0.3) is 10.9 Å². The van der Waals surface area contributed by atoms with Gasteiger partial charge in [-0.2, -0.15) is 0 Å². The molecule has 8 heteroatoms. The van der Waals surface area contributed by atoms with Crippen LogP contribution < -0.4 is 14.3 Å². The first kappa shape index (κ1) is 22.0. The molecule has 4 rings (SSSR count). The molecule has 1 fully saturated rings. The maximum Gasteiger partial charge on any atom is 0.213 e. The Hall–Kier alpha value is -3.23. The van der Waals surface area contributed by atoms with Crippen LogP contribution in [0.3, 0.4) is 0 Å². The van der Waals surface area contributed by atoms with Crippen LogP contribution in [0.15, 0.2) is 53.7 Å². The van der Waals surface area contributed by atoms with Crippen molar-refractivity contribution >= 4 is 17.1 Å². The monoisotopic (exact) mass is 440 g/mol. The van der Waals surface area contributed by atoms with Crippen molar-refractivity contribution in [2.24, 2.45) is 5.16 Å². The molecular formula is C24H25FN2O5. The molecule has 0 radical (unpaired) electrons. The second kappa shape index (κ2) is 9.10. The lowest BCUT2D eigenvalue weighted by Crippen LogP contribution is -2.22. The van der Waals surface area contributed by atoms with Crippen molar-refractivity contribution in [2.75, 3.05) is 13.7 Å². The summed E-state index contributed by atoms with van der Waals surface area (Å²) in [5, 5.41) is 4.84. The minimum Gasteiger partial charge on any atom is -0.486 e. The smallest absolute Gasteiger partial charge is 0.213 e. The fraction of sp³-hybridized carbons (Fsp3) is 0.333. The molecule has 7 nitrogen and oxygen atoms in total. The highest BCUT2D eigenvalue weighted by molar-refractivity contribution is 5.80. The van der Waals surface area contributed by atoms with Gasteiger partial charge in [-0.25, -0.2) is 9.37 Å². The quantitative estimate of drug-likeness (QED) is 0.379. The van der Waals surface area contributed by atoms with Crippen LogP contribution in [0, 0.1) is 5.82 Å². The zero-order chi connectivity index (χ0) is 22.7. The summed E-state index contributed by atoms with van der Waals surface area (Å²) < 4.78 is 36.3. The Morgan fingerprint density at radius 3 is 2.72 bits per heavy atom. The maximum atomic E-state index is 14.1. The summed E-state index contributed by atoms with van der Waals surface area (Å²) in [6.45, 7) is 5.91. The van der Waals surface area contributed by atoms with Gasteiger partial charge in [-0.05, 0) is 44.5 Å². The molecule has 32 heavy (non-hydrogen) atoms. The van der Waals surface area contributed by atoms with Crippen LogP contribution in [0.4, 0.5) is 4.39 Å². The molecule has 0 amide bonds. The number of hydrogen-bond donors (Lipinski definition) is 0. The summed E-state index contributed by atoms with van der Waals surface area (Å²) in [7, 11) is 1.58. The molecule has 0 saturated carbocycles. The summed E-state index contributed by atoms with van der Waals surface area (Å²) in [6.07, 6.45) is 0.837. The van der Waals surface area contributed by atoms with Gasteiger partial charge in [0.05, 0.1) is 25.4 Å². The molecule has 1 saturated heterocycles. The number of rotatable bonds is 7. The Morgan fingerprint density at radius 1 is 1.16 bits per heavy atom. The lowest BCUT2D eigenvalue weighted by Gasteiger charge is -2.16. The first-order chi connectivity index (χ1) is 15.3. The molecule has 2 heterocycles. The van der Waals surface area contributed by atoms with E-state index in [0.717, 1.165) is 16.5 Å². The van der Waals surface area contributed by atoms with Crippen molar-refractivity contribution in [3.05, 3.63) is 59.9 Å². The van der Waals surface area contributed by atoms with Gasteiger partial charge in [-0.3, -0.25) is 0 Å². The van der Waals surface area contributed by atoms with E-state index >= 15 is 0 Å². The van der Waals surface area contributed by atoms with Gasteiger partial charge in [-0.1, -0.05) is 11.2 Å². The average molecular weight is 440 g/mol. The Balaban J connectivity index is 1.43. The number of hydrogen-bond acceptors (Lipinski definition) is 7. The molecule has 0 bridgehead atoms. The van der Waals surface area contributed by atoms with Gasteiger partial charge in [0.2, 0.25) is 5.88 Å². The van der Waals surface area contributed by atoms with E-state index < -0.39 is 11.6 Å². The maximum absolute atomic E-state index is 14.1. The van der Waals surface area contributed by atoms with Crippen molar-refractivity contribution in [3.63, 3.8) is 0 Å². The SMILES string of the molecule is COc1ccc2cc(C(C)Oc3cc(F)cc(O/N=C/[C@@H]4COC(C)(C)O4)c3)ccc2n1. The third kappa shape index (κ3) is 5.33. The molecule has 1 unspecified atom stereocenters. The van der Waals surface area contributed by atoms with Gasteiger partial charge < -0.3 is 23.8 Å². The van der Waals surface area contributed by atoms with Crippen molar-refractivity contribution in [1.82, 2.24) is 4.98 Å². The summed E-state index contributed by atoms with van der Waals surface area (Å²) in [5.41, 5.74) is 1.75. The Morgan fingerprint density at radius 2 is 1.97 bits per heavy atom. The normalized spacial score (nSPS) is 18.7. The fourth-order valence-corrected chi connectivity index (χ4v) is 3.37. The van der Waals surface area contributed by atoms with E-state index in [9.17, 15) is 4.39 Å². The Labute approximate surface area is 185 Å². The first-order valence-corrected chi connectivity index (χ1v) is 10.3. The average Bonchev–Trinajstić information content (AvgIpc) is 3.11. The fourth-order valence-electron chi connectivity index (χ4n) is 3.37. The highest BCUT2D eigenvalue weighted by Gasteiger charge is 2.31. The zero-order valence-corrected chi connectivity index (χ0v) is 18.4. The van der Waals surface area contributed by atoms with Gasteiger partial charge in [0.1, 0.15) is 23.8 Å². The number of ether oxygens (including phenoxy) is 4. The summed E-state index contributed by atoms with van der Waals surface area (Å²) in [4.78, 5) is 9.73. The lowest BCUT2D eigenvalue weighted by atomic mass is 10.1. The summed E-state index contributed by atoms with van der Waals surface area (Å²) in [5.74, 6) is -0.0393. The van der Waals surface area contributed by atoms with Crippen molar-refractivity contribution in [3.8, 4) is 17.4 Å². The molecule has 168 valence electrons. The van der Waals surface area contributed by atoms with E-state index in [1.54, 1.807) is 19.2 Å². The topological polar surface area (TPSA) is 71.4 Å². The standard InChI is InChI=1S/C24H25FN2O5/c1-15(16-5-7-22-17(9-16)6-8-23(27-22)28-4)30-19-10-18(25)11-20(12-19)32-26-13-21-14-29-24(2,3)31-21/h5-13,15,21H,14H2,1-4H3/b26-13+/t15?,21-/m1/s1. The van der Waals surface area contributed by atoms with E-state index in [4.69, 9.17) is 23.8 Å². The van der Waals surface area contributed by atoms with E-state index in [0.29, 0.717) is 18.2 Å². The number of oxime groups is 1. The predicted molar refractivity (Wildman–Crippen MR) is 118 cm³/mol. The largest absolute Gasteiger partial charge is 0.486 e. The molecule has 1 aliphatic rings. The predicted octanol–water partition coefficient (Wildman–Crippen LogP) is 5.04. The number of pyridine rings is 1. The molecule has 0 N–H and O–H groups in total. The van der Waals surface area contributed by atoms with Gasteiger partial charge in [0.25, 0.3) is 0 Å². The summed E-state index contributed by atoms with van der Waals surface area (Å²) in [6, 6.07) is 13.7. The molecular weight excluding hydrogens is 415 g/mol. The van der Waals surface area contributed by atoms with Crippen LogP contribution in [0.1, 0.15) is 32.4 Å². The van der Waals surface area contributed by atoms with Gasteiger partial charge in [-0.15, -0.1) is 0 Å². The number of aromatic nitrogens is 1. The van der Waals surface area contributed by atoms with E-state index in [1.807, 2.05) is 45.0 Å². The van der Waals surface area contributed by atoms with Crippen LogP contribution in [-0.4, -0.2) is 36.8 Å². The van der Waals surface area contributed by atoms with Crippen LogP contribution in [-0.2, 0) is 9.47 Å². The molecule has 1 aromatic heterocycles. The lowest BCUT2D eigenvalue weighted by molar-refractivity contribution is -0.131. The molecule has 0 aliphatic carbocycles. The minimum absolute atomic E-state index is 0.219. The van der Waals surface area contributed by atoms with Crippen LogP contribution in [0.5, 0.6) is 17.4 Å².